The topological polar surface area (TPSA) is 43.2 Å². The Morgan fingerprint density at radius 3 is 1.62 bits per heavy atom. The smallest absolute Gasteiger partial charge is 0.199 e. The number of ether oxygens (including phenoxy) is 2. The van der Waals surface area contributed by atoms with E-state index in [4.69, 9.17) is 19.5 Å². The lowest BCUT2D eigenvalue weighted by molar-refractivity contribution is 0.191. The van der Waals surface area contributed by atoms with Gasteiger partial charge in [0.05, 0.1) is 12.1 Å². The molecule has 1 saturated carbocycles. The molecule has 0 saturated heterocycles. The van der Waals surface area contributed by atoms with Gasteiger partial charge in [-0.3, -0.25) is 0 Å². The number of aryl methyl sites for hydroxylation is 2. The molecule has 3 aliphatic carbocycles. The van der Waals surface area contributed by atoms with E-state index in [1.807, 2.05) is 0 Å². The van der Waals surface area contributed by atoms with Gasteiger partial charge in [-0.15, -0.1) is 0 Å². The summed E-state index contributed by atoms with van der Waals surface area (Å²) in [5, 5.41) is 0. The predicted octanol–water partition coefficient (Wildman–Crippen LogP) is 5.99. The van der Waals surface area contributed by atoms with Crippen LogP contribution < -0.4 is 0 Å². The zero-order valence-corrected chi connectivity index (χ0v) is 19.9. The molecule has 2 aliphatic heterocycles. The first-order chi connectivity index (χ1) is 16.8. The van der Waals surface area contributed by atoms with Crippen molar-refractivity contribution < 1.29 is 9.47 Å². The van der Waals surface area contributed by atoms with Crippen molar-refractivity contribution in [3.8, 4) is 0 Å². The van der Waals surface area contributed by atoms with Crippen LogP contribution in [0.4, 0.5) is 0 Å². The monoisotopic (exact) mass is 454 g/mol. The van der Waals surface area contributed by atoms with Crippen LogP contribution in [0.1, 0.15) is 79.0 Å². The molecule has 7 rings (SSSR count). The lowest BCUT2D eigenvalue weighted by Crippen LogP contribution is -2.45. The van der Waals surface area contributed by atoms with Gasteiger partial charge in [0.25, 0.3) is 0 Å². The van der Waals surface area contributed by atoms with Crippen molar-refractivity contribution in [2.45, 2.75) is 81.7 Å². The SMILES string of the molecule is c1ccc2c(c1)CCCC2[C@H]1COC(C2(C3=N[C@@H](C4CCCc5ccccc54)CO3)CCC2)=N1. The molecule has 2 aromatic carbocycles. The molecule has 0 bridgehead atoms. The molecule has 0 amide bonds. The maximum Gasteiger partial charge on any atom is 0.199 e. The highest BCUT2D eigenvalue weighted by molar-refractivity contribution is 6.07. The average Bonchev–Trinajstić information content (AvgIpc) is 3.54. The Hall–Kier alpha value is -2.62. The van der Waals surface area contributed by atoms with Crippen LogP contribution in [0.25, 0.3) is 0 Å². The van der Waals surface area contributed by atoms with Crippen LogP contribution in [0, 0.1) is 5.41 Å². The molecule has 2 heterocycles. The summed E-state index contributed by atoms with van der Waals surface area (Å²) in [7, 11) is 0. The summed E-state index contributed by atoms with van der Waals surface area (Å²) < 4.78 is 12.8. The summed E-state index contributed by atoms with van der Waals surface area (Å²) in [5.41, 5.74) is 5.76. The molecule has 4 atom stereocenters. The molecule has 0 N–H and O–H groups in total. The van der Waals surface area contributed by atoms with Crippen LogP contribution in [0.2, 0.25) is 0 Å². The Balaban J connectivity index is 1.16. The van der Waals surface area contributed by atoms with Crippen molar-refractivity contribution in [3.63, 3.8) is 0 Å². The summed E-state index contributed by atoms with van der Waals surface area (Å²) >= 11 is 0. The van der Waals surface area contributed by atoms with Crippen molar-refractivity contribution in [1.29, 1.82) is 0 Å². The Kier molecular flexibility index (Phi) is 5.03. The molecular weight excluding hydrogens is 420 g/mol. The van der Waals surface area contributed by atoms with E-state index in [1.165, 1.54) is 67.2 Å². The molecule has 0 aromatic heterocycles. The zero-order valence-electron chi connectivity index (χ0n) is 19.9. The second-order valence-electron chi connectivity index (χ2n) is 11.0. The molecule has 0 radical (unpaired) electrons. The molecule has 176 valence electrons. The first kappa shape index (κ1) is 20.7. The lowest BCUT2D eigenvalue weighted by Gasteiger charge is -2.39. The molecule has 2 unspecified atom stereocenters. The fraction of sp³-hybridized carbons (Fsp3) is 0.533. The van der Waals surface area contributed by atoms with Gasteiger partial charge in [0.2, 0.25) is 0 Å². The first-order valence-electron chi connectivity index (χ1n) is 13.4. The van der Waals surface area contributed by atoms with E-state index in [0.717, 1.165) is 24.6 Å². The fourth-order valence-electron chi connectivity index (χ4n) is 7.15. The molecule has 1 fully saturated rings. The Labute approximate surface area is 202 Å². The number of fused-ring (bicyclic) bond motifs is 2. The molecule has 4 heteroatoms. The van der Waals surface area contributed by atoms with E-state index in [9.17, 15) is 0 Å². The third kappa shape index (κ3) is 3.25. The molecule has 0 spiro atoms. The minimum absolute atomic E-state index is 0.216. The number of aliphatic imine (C=N–C) groups is 2. The van der Waals surface area contributed by atoms with Gasteiger partial charge in [-0.2, -0.15) is 0 Å². The van der Waals surface area contributed by atoms with Crippen molar-refractivity contribution in [1.82, 2.24) is 0 Å². The quantitative estimate of drug-likeness (QED) is 0.569. The standard InChI is InChI=1S/C30H34N2O2/c1-3-12-22-20(8-1)10-5-14-24(22)26-18-33-28(31-26)30(16-7-17-30)29-32-27(19-34-29)25-15-6-11-21-9-2-4-13-23(21)25/h1-4,8-9,12-13,24-27H,5-7,10-11,14-19H2/t24?,25?,26-,27-/m1/s1. The van der Waals surface area contributed by atoms with Gasteiger partial charge in [0, 0.05) is 11.8 Å². The maximum absolute atomic E-state index is 6.38. The van der Waals surface area contributed by atoms with Crippen LogP contribution in [-0.4, -0.2) is 37.1 Å². The average molecular weight is 455 g/mol. The highest BCUT2D eigenvalue weighted by Gasteiger charge is 2.54. The van der Waals surface area contributed by atoms with Crippen molar-refractivity contribution in [3.05, 3.63) is 70.8 Å². The van der Waals surface area contributed by atoms with Crippen LogP contribution in [0.15, 0.2) is 58.5 Å². The van der Waals surface area contributed by atoms with E-state index < -0.39 is 0 Å². The van der Waals surface area contributed by atoms with Crippen molar-refractivity contribution in [2.75, 3.05) is 13.2 Å². The number of nitrogens with zero attached hydrogens (tertiary/aromatic N) is 2. The Bertz CT molecular complexity index is 1060. The minimum Gasteiger partial charge on any atom is -0.478 e. The van der Waals surface area contributed by atoms with Crippen molar-refractivity contribution >= 4 is 11.8 Å². The number of benzene rings is 2. The first-order valence-corrected chi connectivity index (χ1v) is 13.4. The van der Waals surface area contributed by atoms with E-state index in [-0.39, 0.29) is 17.5 Å². The summed E-state index contributed by atoms with van der Waals surface area (Å²) in [6.45, 7) is 1.39. The molecule has 5 aliphatic rings. The van der Waals surface area contributed by atoms with E-state index in [1.54, 1.807) is 0 Å². The van der Waals surface area contributed by atoms with Gasteiger partial charge in [0.15, 0.2) is 11.8 Å². The third-order valence-corrected chi connectivity index (χ3v) is 9.13. The highest BCUT2D eigenvalue weighted by Crippen LogP contribution is 2.49. The summed E-state index contributed by atoms with van der Waals surface area (Å²) in [4.78, 5) is 10.5. The zero-order chi connectivity index (χ0) is 22.5. The maximum atomic E-state index is 6.38. The largest absolute Gasteiger partial charge is 0.478 e. The van der Waals surface area contributed by atoms with E-state index >= 15 is 0 Å². The van der Waals surface area contributed by atoms with E-state index in [0.29, 0.717) is 25.0 Å². The van der Waals surface area contributed by atoms with Crippen molar-refractivity contribution in [2.24, 2.45) is 15.4 Å². The third-order valence-electron chi connectivity index (χ3n) is 9.13. The van der Waals surface area contributed by atoms with Crippen LogP contribution in [-0.2, 0) is 22.3 Å². The van der Waals surface area contributed by atoms with Crippen LogP contribution in [0.5, 0.6) is 0 Å². The van der Waals surface area contributed by atoms with E-state index in [2.05, 4.69) is 48.5 Å². The Morgan fingerprint density at radius 1 is 0.647 bits per heavy atom. The molecule has 34 heavy (non-hydrogen) atoms. The molecule has 4 nitrogen and oxygen atoms in total. The van der Waals surface area contributed by atoms with Gasteiger partial charge in [0.1, 0.15) is 18.6 Å². The fourth-order valence-corrected chi connectivity index (χ4v) is 7.15. The van der Waals surface area contributed by atoms with Gasteiger partial charge in [-0.25, -0.2) is 9.98 Å². The summed E-state index contributed by atoms with van der Waals surface area (Å²) in [6.07, 6.45) is 10.6. The van der Waals surface area contributed by atoms with Gasteiger partial charge >= 0.3 is 0 Å². The second kappa shape index (κ2) is 8.25. The number of rotatable bonds is 4. The molecular formula is C30H34N2O2. The Morgan fingerprint density at radius 2 is 1.15 bits per heavy atom. The number of hydrogen-bond donors (Lipinski definition) is 0. The molecule has 2 aromatic rings. The highest BCUT2D eigenvalue weighted by atomic mass is 16.5. The summed E-state index contributed by atoms with van der Waals surface area (Å²) in [5.74, 6) is 2.76. The number of hydrogen-bond acceptors (Lipinski definition) is 4. The van der Waals surface area contributed by atoms with Gasteiger partial charge in [-0.05, 0) is 73.6 Å². The van der Waals surface area contributed by atoms with Gasteiger partial charge in [-0.1, -0.05) is 55.0 Å². The predicted molar refractivity (Wildman–Crippen MR) is 135 cm³/mol. The lowest BCUT2D eigenvalue weighted by atomic mass is 9.68. The van der Waals surface area contributed by atoms with Gasteiger partial charge < -0.3 is 9.47 Å². The second-order valence-corrected chi connectivity index (χ2v) is 11.0. The minimum atomic E-state index is -0.216. The summed E-state index contributed by atoms with van der Waals surface area (Å²) in [6, 6.07) is 18.3. The van der Waals surface area contributed by atoms with Crippen LogP contribution in [0.3, 0.4) is 0 Å². The van der Waals surface area contributed by atoms with Crippen LogP contribution >= 0.6 is 0 Å². The normalized spacial score (nSPS) is 31.3.